The minimum atomic E-state index is 1.14. The Balaban J connectivity index is 2.75. The second kappa shape index (κ2) is 11.7. The normalized spacial score (nSPS) is 11.0. The van der Waals surface area contributed by atoms with Crippen molar-refractivity contribution in [1.82, 2.24) is 9.97 Å². The van der Waals surface area contributed by atoms with Gasteiger partial charge in [-0.15, -0.1) is 0 Å². The molecule has 2 nitrogen and oxygen atoms in total. The minimum Gasteiger partial charge on any atom is -0.241 e. The van der Waals surface area contributed by atoms with E-state index in [0.717, 1.165) is 12.8 Å². The predicted octanol–water partition coefficient (Wildman–Crippen LogP) is 5.67. The lowest BCUT2D eigenvalue weighted by atomic mass is 9.97. The van der Waals surface area contributed by atoms with Crippen molar-refractivity contribution in [2.75, 3.05) is 0 Å². The fourth-order valence-electron chi connectivity index (χ4n) is 2.85. The number of aryl methyl sites for hydroxylation is 2. The van der Waals surface area contributed by atoms with E-state index < -0.39 is 0 Å². The van der Waals surface area contributed by atoms with Crippen molar-refractivity contribution < 1.29 is 0 Å². The van der Waals surface area contributed by atoms with Gasteiger partial charge in [-0.25, -0.2) is 9.97 Å². The van der Waals surface area contributed by atoms with Crippen molar-refractivity contribution in [3.8, 4) is 0 Å². The average molecular weight is 290 g/mol. The van der Waals surface area contributed by atoms with Crippen molar-refractivity contribution in [1.29, 1.82) is 0 Å². The molecule has 0 amide bonds. The molecular formula is C19H34N2. The van der Waals surface area contributed by atoms with Crippen molar-refractivity contribution in [3.63, 3.8) is 0 Å². The van der Waals surface area contributed by atoms with Crippen LogP contribution in [0, 0.1) is 0 Å². The minimum absolute atomic E-state index is 1.14. The van der Waals surface area contributed by atoms with E-state index in [1.54, 1.807) is 6.33 Å². The van der Waals surface area contributed by atoms with Gasteiger partial charge in [-0.1, -0.05) is 59.3 Å². The Hall–Kier alpha value is -0.920. The summed E-state index contributed by atoms with van der Waals surface area (Å²) in [6, 6.07) is 0. The Morgan fingerprint density at radius 1 is 0.619 bits per heavy atom. The number of rotatable bonds is 12. The maximum Gasteiger partial charge on any atom is 0.115 e. The predicted molar refractivity (Wildman–Crippen MR) is 91.7 cm³/mol. The number of aromatic nitrogens is 2. The molecule has 0 bridgehead atoms. The molecule has 0 fully saturated rings. The van der Waals surface area contributed by atoms with E-state index >= 15 is 0 Å². The van der Waals surface area contributed by atoms with Gasteiger partial charge in [0.25, 0.3) is 0 Å². The van der Waals surface area contributed by atoms with E-state index in [1.807, 2.05) is 0 Å². The second-order valence-corrected chi connectivity index (χ2v) is 6.12. The SMILES string of the molecule is CCCCCc1ncnc(CCCCC)c1CCCCC. The molecule has 1 aromatic heterocycles. The van der Waals surface area contributed by atoms with Crippen molar-refractivity contribution >= 4 is 0 Å². The van der Waals surface area contributed by atoms with E-state index in [4.69, 9.17) is 0 Å². The summed E-state index contributed by atoms with van der Waals surface area (Å²) in [5.74, 6) is 0. The Morgan fingerprint density at radius 3 is 1.48 bits per heavy atom. The quantitative estimate of drug-likeness (QED) is 0.463. The van der Waals surface area contributed by atoms with Crippen LogP contribution in [0.5, 0.6) is 0 Å². The molecule has 0 N–H and O–H groups in total. The van der Waals surface area contributed by atoms with Gasteiger partial charge in [0.15, 0.2) is 0 Å². The highest BCUT2D eigenvalue weighted by Gasteiger charge is 2.10. The van der Waals surface area contributed by atoms with E-state index in [2.05, 4.69) is 30.7 Å². The maximum absolute atomic E-state index is 4.61. The highest BCUT2D eigenvalue weighted by Crippen LogP contribution is 2.19. The van der Waals surface area contributed by atoms with Gasteiger partial charge in [0.1, 0.15) is 6.33 Å². The molecule has 1 aromatic rings. The molecule has 2 heteroatoms. The zero-order chi connectivity index (χ0) is 15.3. The largest absolute Gasteiger partial charge is 0.241 e. The first-order chi connectivity index (χ1) is 10.3. The Bertz CT molecular complexity index is 346. The molecule has 21 heavy (non-hydrogen) atoms. The van der Waals surface area contributed by atoms with Gasteiger partial charge in [0.2, 0.25) is 0 Å². The summed E-state index contributed by atoms with van der Waals surface area (Å²) in [7, 11) is 0. The standard InChI is InChI=1S/C19H34N2/c1-4-7-10-13-17-18(14-11-8-5-2)20-16-21-19(17)15-12-9-6-3/h16H,4-15H2,1-3H3. The zero-order valence-corrected chi connectivity index (χ0v) is 14.5. The summed E-state index contributed by atoms with van der Waals surface area (Å²) in [6.45, 7) is 6.79. The molecule has 0 saturated heterocycles. The van der Waals surface area contributed by atoms with Crippen molar-refractivity contribution in [2.45, 2.75) is 97.8 Å². The average Bonchev–Trinajstić information content (AvgIpc) is 2.50. The van der Waals surface area contributed by atoms with Crippen molar-refractivity contribution in [3.05, 3.63) is 23.3 Å². The molecule has 0 unspecified atom stereocenters. The van der Waals surface area contributed by atoms with Crippen LogP contribution in [-0.2, 0) is 19.3 Å². The lowest BCUT2D eigenvalue weighted by molar-refractivity contribution is 0.657. The van der Waals surface area contributed by atoms with Gasteiger partial charge in [0.05, 0.1) is 0 Å². The van der Waals surface area contributed by atoms with Crippen LogP contribution < -0.4 is 0 Å². The summed E-state index contributed by atoms with van der Waals surface area (Å²) in [6.07, 6.45) is 16.8. The van der Waals surface area contributed by atoms with E-state index in [-0.39, 0.29) is 0 Å². The monoisotopic (exact) mass is 290 g/mol. The lowest BCUT2D eigenvalue weighted by Gasteiger charge is -2.13. The fraction of sp³-hybridized carbons (Fsp3) is 0.789. The second-order valence-electron chi connectivity index (χ2n) is 6.12. The van der Waals surface area contributed by atoms with Crippen LogP contribution in [0.3, 0.4) is 0 Å². The summed E-state index contributed by atoms with van der Waals surface area (Å²) in [5, 5.41) is 0. The fourth-order valence-corrected chi connectivity index (χ4v) is 2.85. The van der Waals surface area contributed by atoms with Crippen LogP contribution >= 0.6 is 0 Å². The number of unbranched alkanes of at least 4 members (excludes halogenated alkanes) is 6. The highest BCUT2D eigenvalue weighted by atomic mass is 14.8. The third-order valence-corrected chi connectivity index (χ3v) is 4.19. The van der Waals surface area contributed by atoms with Crippen LogP contribution in [0.15, 0.2) is 6.33 Å². The molecule has 0 aliphatic heterocycles. The van der Waals surface area contributed by atoms with Crippen LogP contribution in [0.25, 0.3) is 0 Å². The molecule has 0 aromatic carbocycles. The van der Waals surface area contributed by atoms with Gasteiger partial charge in [-0.3, -0.25) is 0 Å². The Labute approximate surface area is 131 Å². The summed E-state index contributed by atoms with van der Waals surface area (Å²) >= 11 is 0. The highest BCUT2D eigenvalue weighted by molar-refractivity contribution is 5.25. The number of hydrogen-bond donors (Lipinski definition) is 0. The summed E-state index contributed by atoms with van der Waals surface area (Å²) in [5.41, 5.74) is 4.15. The van der Waals surface area contributed by atoms with E-state index in [1.165, 1.54) is 81.2 Å². The molecule has 0 aliphatic carbocycles. The molecule has 0 aliphatic rings. The van der Waals surface area contributed by atoms with Crippen molar-refractivity contribution in [2.24, 2.45) is 0 Å². The first kappa shape index (κ1) is 18.1. The lowest BCUT2D eigenvalue weighted by Crippen LogP contribution is -2.06. The van der Waals surface area contributed by atoms with Gasteiger partial charge >= 0.3 is 0 Å². The van der Waals surface area contributed by atoms with Crippen LogP contribution in [0.2, 0.25) is 0 Å². The van der Waals surface area contributed by atoms with E-state index in [0.29, 0.717) is 0 Å². The first-order valence-electron chi connectivity index (χ1n) is 9.15. The molecule has 1 rings (SSSR count). The molecule has 0 saturated carbocycles. The topological polar surface area (TPSA) is 25.8 Å². The molecule has 120 valence electrons. The molecular weight excluding hydrogens is 256 g/mol. The van der Waals surface area contributed by atoms with Gasteiger partial charge in [0, 0.05) is 11.4 Å². The number of nitrogens with zero attached hydrogens (tertiary/aromatic N) is 2. The molecule has 1 heterocycles. The van der Waals surface area contributed by atoms with Gasteiger partial charge in [-0.2, -0.15) is 0 Å². The molecule has 0 atom stereocenters. The molecule has 0 radical (unpaired) electrons. The Morgan fingerprint density at radius 2 is 1.05 bits per heavy atom. The third kappa shape index (κ3) is 7.06. The Kier molecular flexibility index (Phi) is 10.1. The van der Waals surface area contributed by atoms with Gasteiger partial charge in [-0.05, 0) is 44.1 Å². The van der Waals surface area contributed by atoms with Crippen LogP contribution in [-0.4, -0.2) is 9.97 Å². The molecule has 0 spiro atoms. The number of hydrogen-bond acceptors (Lipinski definition) is 2. The van der Waals surface area contributed by atoms with E-state index in [9.17, 15) is 0 Å². The summed E-state index contributed by atoms with van der Waals surface area (Å²) < 4.78 is 0. The smallest absolute Gasteiger partial charge is 0.115 e. The first-order valence-corrected chi connectivity index (χ1v) is 9.15. The summed E-state index contributed by atoms with van der Waals surface area (Å²) in [4.78, 5) is 9.21. The van der Waals surface area contributed by atoms with Gasteiger partial charge < -0.3 is 0 Å². The third-order valence-electron chi connectivity index (χ3n) is 4.19. The maximum atomic E-state index is 4.61. The zero-order valence-electron chi connectivity index (χ0n) is 14.5. The van der Waals surface area contributed by atoms with Crippen LogP contribution in [0.1, 0.15) is 95.5 Å². The van der Waals surface area contributed by atoms with Crippen LogP contribution in [0.4, 0.5) is 0 Å².